The number of amides is 1. The number of hydrogen-bond acceptors (Lipinski definition) is 4. The predicted molar refractivity (Wildman–Crippen MR) is 95.2 cm³/mol. The van der Waals surface area contributed by atoms with Crippen LogP contribution in [-0.4, -0.2) is 24.5 Å². The molecule has 0 fully saturated rings. The van der Waals surface area contributed by atoms with Crippen molar-refractivity contribution in [3.8, 4) is 0 Å². The molecular formula is C16H12ClFN4O3S. The lowest BCUT2D eigenvalue weighted by molar-refractivity contribution is 0.102. The summed E-state index contributed by atoms with van der Waals surface area (Å²) in [5, 5.41) is 8.45. The SMILES string of the molecule is O=C(Nc1ccc(F)c(Cl)c1)c1cccc(NS(=O)(=O)c2cn[nH]c2)c1. The van der Waals surface area contributed by atoms with Crippen molar-refractivity contribution < 1.29 is 17.6 Å². The largest absolute Gasteiger partial charge is 0.322 e. The van der Waals surface area contributed by atoms with Gasteiger partial charge in [-0.2, -0.15) is 5.10 Å². The number of sulfonamides is 1. The number of anilines is 2. The maximum Gasteiger partial charge on any atom is 0.265 e. The highest BCUT2D eigenvalue weighted by molar-refractivity contribution is 7.92. The maximum absolute atomic E-state index is 13.2. The molecule has 0 spiro atoms. The van der Waals surface area contributed by atoms with E-state index in [9.17, 15) is 17.6 Å². The number of aromatic nitrogens is 2. The molecule has 0 saturated heterocycles. The first kappa shape index (κ1) is 17.9. The zero-order valence-electron chi connectivity index (χ0n) is 13.0. The van der Waals surface area contributed by atoms with Crippen LogP contribution in [0, 0.1) is 5.82 Å². The molecule has 3 N–H and O–H groups in total. The summed E-state index contributed by atoms with van der Waals surface area (Å²) in [5.41, 5.74) is 0.722. The molecule has 134 valence electrons. The number of nitrogens with one attached hydrogen (secondary N) is 3. The Morgan fingerprint density at radius 3 is 2.65 bits per heavy atom. The highest BCUT2D eigenvalue weighted by atomic mass is 35.5. The van der Waals surface area contributed by atoms with E-state index in [-0.39, 0.29) is 21.2 Å². The number of carbonyl (C=O) groups excluding carboxylic acids is 1. The van der Waals surface area contributed by atoms with Crippen molar-refractivity contribution in [2.75, 3.05) is 10.0 Å². The second-order valence-electron chi connectivity index (χ2n) is 5.20. The van der Waals surface area contributed by atoms with Crippen molar-refractivity contribution >= 4 is 38.9 Å². The number of rotatable bonds is 5. The third-order valence-corrected chi connectivity index (χ3v) is 4.98. The van der Waals surface area contributed by atoms with Crippen LogP contribution in [-0.2, 0) is 10.0 Å². The minimum Gasteiger partial charge on any atom is -0.322 e. The minimum absolute atomic E-state index is 0.0340. The van der Waals surface area contributed by atoms with E-state index in [1.165, 1.54) is 42.6 Å². The molecule has 3 aromatic rings. The fourth-order valence-corrected chi connectivity index (χ4v) is 3.24. The van der Waals surface area contributed by atoms with Gasteiger partial charge in [-0.1, -0.05) is 17.7 Å². The molecule has 0 radical (unpaired) electrons. The summed E-state index contributed by atoms with van der Waals surface area (Å²) >= 11 is 5.68. The Bertz CT molecular complexity index is 1060. The number of aromatic amines is 1. The lowest BCUT2D eigenvalue weighted by Gasteiger charge is -2.09. The molecule has 10 heteroatoms. The zero-order valence-corrected chi connectivity index (χ0v) is 14.6. The number of halogens is 2. The van der Waals surface area contributed by atoms with E-state index in [1.54, 1.807) is 0 Å². The molecule has 7 nitrogen and oxygen atoms in total. The van der Waals surface area contributed by atoms with Crippen LogP contribution in [0.25, 0.3) is 0 Å². The Labute approximate surface area is 153 Å². The topological polar surface area (TPSA) is 104 Å². The fourth-order valence-electron chi connectivity index (χ4n) is 2.10. The van der Waals surface area contributed by atoms with E-state index in [1.807, 2.05) is 0 Å². The van der Waals surface area contributed by atoms with Crippen LogP contribution < -0.4 is 10.0 Å². The van der Waals surface area contributed by atoms with Gasteiger partial charge in [0.1, 0.15) is 10.7 Å². The van der Waals surface area contributed by atoms with Gasteiger partial charge in [-0.05, 0) is 36.4 Å². The third-order valence-electron chi connectivity index (χ3n) is 3.34. The lowest BCUT2D eigenvalue weighted by atomic mass is 10.2. The van der Waals surface area contributed by atoms with Gasteiger partial charge < -0.3 is 5.32 Å². The van der Waals surface area contributed by atoms with Crippen LogP contribution in [0.15, 0.2) is 59.8 Å². The van der Waals surface area contributed by atoms with Gasteiger partial charge in [0.2, 0.25) is 0 Å². The first-order chi connectivity index (χ1) is 12.3. The van der Waals surface area contributed by atoms with E-state index < -0.39 is 21.7 Å². The summed E-state index contributed by atoms with van der Waals surface area (Å²) in [6.07, 6.45) is 2.40. The van der Waals surface area contributed by atoms with Gasteiger partial charge in [0, 0.05) is 23.1 Å². The molecule has 2 aromatic carbocycles. The summed E-state index contributed by atoms with van der Waals surface area (Å²) in [7, 11) is -3.82. The Hall–Kier alpha value is -2.91. The van der Waals surface area contributed by atoms with Crippen molar-refractivity contribution in [1.82, 2.24) is 10.2 Å². The van der Waals surface area contributed by atoms with Crippen molar-refractivity contribution in [3.63, 3.8) is 0 Å². The van der Waals surface area contributed by atoms with E-state index in [2.05, 4.69) is 20.2 Å². The van der Waals surface area contributed by atoms with Crippen LogP contribution in [0.4, 0.5) is 15.8 Å². The van der Waals surface area contributed by atoms with Crippen molar-refractivity contribution in [1.29, 1.82) is 0 Å². The van der Waals surface area contributed by atoms with E-state index >= 15 is 0 Å². The number of H-pyrrole nitrogens is 1. The average molecular weight is 395 g/mol. The van der Waals surface area contributed by atoms with Crippen LogP contribution in [0.5, 0.6) is 0 Å². The Balaban J connectivity index is 1.78. The van der Waals surface area contributed by atoms with Gasteiger partial charge in [0.15, 0.2) is 0 Å². The highest BCUT2D eigenvalue weighted by Gasteiger charge is 2.16. The Kier molecular flexibility index (Phi) is 4.92. The normalized spacial score (nSPS) is 11.2. The molecule has 0 saturated carbocycles. The molecule has 1 aromatic heterocycles. The van der Waals surface area contributed by atoms with Crippen molar-refractivity contribution in [2.45, 2.75) is 4.90 Å². The van der Waals surface area contributed by atoms with Crippen LogP contribution >= 0.6 is 11.6 Å². The first-order valence-corrected chi connectivity index (χ1v) is 9.09. The second-order valence-corrected chi connectivity index (χ2v) is 7.29. The molecule has 1 amide bonds. The lowest BCUT2D eigenvalue weighted by Crippen LogP contribution is -2.15. The highest BCUT2D eigenvalue weighted by Crippen LogP contribution is 2.21. The first-order valence-electron chi connectivity index (χ1n) is 7.23. The molecular weight excluding hydrogens is 383 g/mol. The summed E-state index contributed by atoms with van der Waals surface area (Å²) in [6, 6.07) is 9.69. The van der Waals surface area contributed by atoms with Crippen LogP contribution in [0.2, 0.25) is 5.02 Å². The predicted octanol–water partition coefficient (Wildman–Crippen LogP) is 3.26. The van der Waals surface area contributed by atoms with Crippen LogP contribution in [0.1, 0.15) is 10.4 Å². The summed E-state index contributed by atoms with van der Waals surface area (Å²) < 4.78 is 39.9. The van der Waals surface area contributed by atoms with E-state index in [0.29, 0.717) is 5.69 Å². The van der Waals surface area contributed by atoms with Gasteiger partial charge in [0.05, 0.1) is 11.2 Å². The molecule has 0 aliphatic carbocycles. The standard InChI is InChI=1S/C16H12ClFN4O3S/c17-14-7-11(4-5-15(14)18)21-16(23)10-2-1-3-12(6-10)22-26(24,25)13-8-19-20-9-13/h1-9,22H,(H,19,20)(H,21,23). The molecule has 1 heterocycles. The van der Waals surface area contributed by atoms with Gasteiger partial charge in [-0.15, -0.1) is 0 Å². The van der Waals surface area contributed by atoms with Gasteiger partial charge in [0.25, 0.3) is 15.9 Å². The molecule has 0 aliphatic rings. The number of nitrogens with zero attached hydrogens (tertiary/aromatic N) is 1. The number of carbonyl (C=O) groups is 1. The number of hydrogen-bond donors (Lipinski definition) is 3. The maximum atomic E-state index is 13.2. The Morgan fingerprint density at radius 1 is 1.15 bits per heavy atom. The number of benzene rings is 2. The Morgan fingerprint density at radius 2 is 1.96 bits per heavy atom. The second kappa shape index (κ2) is 7.14. The minimum atomic E-state index is -3.82. The van der Waals surface area contributed by atoms with Crippen LogP contribution in [0.3, 0.4) is 0 Å². The van der Waals surface area contributed by atoms with Gasteiger partial charge in [-0.3, -0.25) is 14.6 Å². The van der Waals surface area contributed by atoms with Crippen molar-refractivity contribution in [3.05, 3.63) is 71.3 Å². The molecule has 26 heavy (non-hydrogen) atoms. The monoisotopic (exact) mass is 394 g/mol. The van der Waals surface area contributed by atoms with Crippen molar-refractivity contribution in [2.24, 2.45) is 0 Å². The van der Waals surface area contributed by atoms with Gasteiger partial charge >= 0.3 is 0 Å². The molecule has 0 unspecified atom stereocenters. The summed E-state index contributed by atoms with van der Waals surface area (Å²) in [5.74, 6) is -1.10. The average Bonchev–Trinajstić information content (AvgIpc) is 3.14. The summed E-state index contributed by atoms with van der Waals surface area (Å²) in [6.45, 7) is 0. The third kappa shape index (κ3) is 4.01. The van der Waals surface area contributed by atoms with E-state index in [0.717, 1.165) is 12.3 Å². The zero-order chi connectivity index (χ0) is 18.7. The molecule has 0 aliphatic heterocycles. The fraction of sp³-hybridized carbons (Fsp3) is 0. The summed E-state index contributed by atoms with van der Waals surface area (Å²) in [4.78, 5) is 12.3. The molecule has 0 atom stereocenters. The molecule has 0 bridgehead atoms. The van der Waals surface area contributed by atoms with E-state index in [4.69, 9.17) is 11.6 Å². The van der Waals surface area contributed by atoms with Gasteiger partial charge in [-0.25, -0.2) is 12.8 Å². The molecule has 3 rings (SSSR count). The quantitative estimate of drug-likeness (QED) is 0.617. The smallest absolute Gasteiger partial charge is 0.265 e.